The first-order chi connectivity index (χ1) is 6.77. The summed E-state index contributed by atoms with van der Waals surface area (Å²) < 4.78 is 1.04. The van der Waals surface area contributed by atoms with Crippen molar-refractivity contribution >= 4 is 39.5 Å². The molecule has 14 heavy (non-hydrogen) atoms. The van der Waals surface area contributed by atoms with E-state index in [2.05, 4.69) is 0 Å². The molecule has 1 heterocycles. The molecule has 0 atom stereocenters. The van der Waals surface area contributed by atoms with Gasteiger partial charge in [0.15, 0.2) is 6.29 Å². The summed E-state index contributed by atoms with van der Waals surface area (Å²) in [5.74, 6) is 0.0957. The monoisotopic (exact) mass is 224 g/mol. The van der Waals surface area contributed by atoms with E-state index in [-0.39, 0.29) is 5.75 Å². The summed E-state index contributed by atoms with van der Waals surface area (Å²) in [6, 6.07) is 3.68. The van der Waals surface area contributed by atoms with Crippen LogP contribution in [0.15, 0.2) is 22.4 Å². The van der Waals surface area contributed by atoms with Gasteiger partial charge in [0, 0.05) is 10.1 Å². The number of hydrogen-bond donors (Lipinski definition) is 1. The van der Waals surface area contributed by atoms with Crippen LogP contribution in [-0.4, -0.2) is 17.6 Å². The van der Waals surface area contributed by atoms with Crippen LogP contribution >= 0.6 is 23.1 Å². The summed E-state index contributed by atoms with van der Waals surface area (Å²) >= 11 is 3.03. The van der Waals surface area contributed by atoms with Crippen molar-refractivity contribution in [3.05, 3.63) is 23.1 Å². The van der Waals surface area contributed by atoms with E-state index in [9.17, 15) is 9.90 Å². The Kier molecular flexibility index (Phi) is 2.48. The van der Waals surface area contributed by atoms with Crippen molar-refractivity contribution in [2.24, 2.45) is 0 Å². The van der Waals surface area contributed by atoms with Crippen LogP contribution in [-0.2, 0) is 0 Å². The Morgan fingerprint density at radius 3 is 3.00 bits per heavy atom. The molecular weight excluding hydrogens is 216 g/mol. The molecule has 2 rings (SSSR count). The number of aromatic hydroxyl groups is 1. The van der Waals surface area contributed by atoms with Gasteiger partial charge in [-0.2, -0.15) is 0 Å². The molecule has 72 valence electrons. The third-order valence-electron chi connectivity index (χ3n) is 2.05. The van der Waals surface area contributed by atoms with Crippen molar-refractivity contribution in [2.45, 2.75) is 4.90 Å². The minimum atomic E-state index is 0.0957. The molecule has 0 saturated carbocycles. The second-order valence-electron chi connectivity index (χ2n) is 2.80. The Bertz CT molecular complexity index is 488. The van der Waals surface area contributed by atoms with Crippen LogP contribution in [0.2, 0.25) is 0 Å². The molecule has 4 heteroatoms. The lowest BCUT2D eigenvalue weighted by Gasteiger charge is -2.05. The lowest BCUT2D eigenvalue weighted by atomic mass is 10.1. The molecular formula is C10H8O2S2. The Labute approximate surface area is 89.6 Å². The molecule has 2 nitrogen and oxygen atoms in total. The number of phenolic OH excluding ortho intramolecular Hbond substituents is 1. The Hall–Kier alpha value is -1.00. The van der Waals surface area contributed by atoms with E-state index in [1.807, 2.05) is 17.7 Å². The highest BCUT2D eigenvalue weighted by molar-refractivity contribution is 7.99. The third-order valence-corrected chi connectivity index (χ3v) is 3.73. The van der Waals surface area contributed by atoms with Gasteiger partial charge in [0.2, 0.25) is 0 Å². The zero-order valence-electron chi connectivity index (χ0n) is 7.48. The molecule has 0 spiro atoms. The largest absolute Gasteiger partial charge is 0.506 e. The SMILES string of the molecule is CSc1c(O)c(C=O)cc2sccc12. The van der Waals surface area contributed by atoms with Gasteiger partial charge in [-0.15, -0.1) is 23.1 Å². The second kappa shape index (κ2) is 3.63. The van der Waals surface area contributed by atoms with Gasteiger partial charge < -0.3 is 5.11 Å². The first kappa shape index (κ1) is 9.55. The van der Waals surface area contributed by atoms with Crippen LogP contribution in [0.1, 0.15) is 10.4 Å². The van der Waals surface area contributed by atoms with E-state index in [0.717, 1.165) is 15.0 Å². The highest BCUT2D eigenvalue weighted by Gasteiger charge is 2.11. The van der Waals surface area contributed by atoms with Crippen LogP contribution in [0.25, 0.3) is 10.1 Å². The minimum absolute atomic E-state index is 0.0957. The first-order valence-electron chi connectivity index (χ1n) is 4.00. The maximum Gasteiger partial charge on any atom is 0.153 e. The number of benzene rings is 1. The van der Waals surface area contributed by atoms with E-state index in [0.29, 0.717) is 11.8 Å². The maximum absolute atomic E-state index is 10.7. The Morgan fingerprint density at radius 1 is 1.57 bits per heavy atom. The number of aldehydes is 1. The molecule has 0 aliphatic carbocycles. The summed E-state index contributed by atoms with van der Waals surface area (Å²) in [5, 5.41) is 12.7. The molecule has 0 amide bonds. The zero-order valence-corrected chi connectivity index (χ0v) is 9.11. The minimum Gasteiger partial charge on any atom is -0.506 e. The third kappa shape index (κ3) is 1.31. The van der Waals surface area contributed by atoms with Gasteiger partial charge in [-0.3, -0.25) is 4.79 Å². The molecule has 1 aromatic carbocycles. The van der Waals surface area contributed by atoms with Crippen LogP contribution < -0.4 is 0 Å². The standard InChI is InChI=1S/C10H8O2S2/c1-13-10-7-2-3-14-8(7)4-6(5-11)9(10)12/h2-5,12H,1H3. The molecule has 0 aliphatic heterocycles. The first-order valence-corrected chi connectivity index (χ1v) is 6.10. The van der Waals surface area contributed by atoms with E-state index < -0.39 is 0 Å². The lowest BCUT2D eigenvalue weighted by molar-refractivity contribution is 0.112. The predicted molar refractivity (Wildman–Crippen MR) is 60.7 cm³/mol. The van der Waals surface area contributed by atoms with Gasteiger partial charge in [-0.1, -0.05) is 0 Å². The summed E-state index contributed by atoms with van der Waals surface area (Å²) in [5.41, 5.74) is 0.365. The molecule has 0 bridgehead atoms. The number of thioether (sulfide) groups is 1. The van der Waals surface area contributed by atoms with Crippen LogP contribution in [0.5, 0.6) is 5.75 Å². The fourth-order valence-corrected chi connectivity index (χ4v) is 3.00. The number of hydrogen-bond acceptors (Lipinski definition) is 4. The highest BCUT2D eigenvalue weighted by Crippen LogP contribution is 2.38. The van der Waals surface area contributed by atoms with Crippen molar-refractivity contribution in [1.82, 2.24) is 0 Å². The summed E-state index contributed by atoms with van der Waals surface area (Å²) in [7, 11) is 0. The number of fused-ring (bicyclic) bond motifs is 1. The quantitative estimate of drug-likeness (QED) is 0.629. The van der Waals surface area contributed by atoms with Crippen LogP contribution in [0.3, 0.4) is 0 Å². The Morgan fingerprint density at radius 2 is 2.36 bits per heavy atom. The zero-order chi connectivity index (χ0) is 10.1. The number of carbonyl (C=O) groups is 1. The summed E-state index contributed by atoms with van der Waals surface area (Å²) in [4.78, 5) is 11.5. The average Bonchev–Trinajstić information content (AvgIpc) is 2.64. The fraction of sp³-hybridized carbons (Fsp3) is 0.100. The van der Waals surface area contributed by atoms with Crippen molar-refractivity contribution in [2.75, 3.05) is 6.26 Å². The molecule has 1 N–H and O–H groups in total. The molecule has 0 radical (unpaired) electrons. The molecule has 0 aliphatic rings. The molecule has 1 aromatic heterocycles. The number of rotatable bonds is 2. The molecule has 0 saturated heterocycles. The average molecular weight is 224 g/mol. The van der Waals surface area contributed by atoms with Gasteiger partial charge in [0.25, 0.3) is 0 Å². The number of phenols is 1. The van der Waals surface area contributed by atoms with Gasteiger partial charge >= 0.3 is 0 Å². The molecule has 0 unspecified atom stereocenters. The topological polar surface area (TPSA) is 37.3 Å². The smallest absolute Gasteiger partial charge is 0.153 e. The van der Waals surface area contributed by atoms with Gasteiger partial charge in [0.1, 0.15) is 5.75 Å². The van der Waals surface area contributed by atoms with Crippen molar-refractivity contribution in [1.29, 1.82) is 0 Å². The molecule has 2 aromatic rings. The van der Waals surface area contributed by atoms with Crippen molar-refractivity contribution in [3.63, 3.8) is 0 Å². The number of carbonyl (C=O) groups excluding carboxylic acids is 1. The highest BCUT2D eigenvalue weighted by atomic mass is 32.2. The Balaban J connectivity index is 2.87. The van der Waals surface area contributed by atoms with Crippen LogP contribution in [0.4, 0.5) is 0 Å². The predicted octanol–water partition coefficient (Wildman–Crippen LogP) is 3.14. The van der Waals surface area contributed by atoms with E-state index in [1.165, 1.54) is 11.8 Å². The van der Waals surface area contributed by atoms with Crippen molar-refractivity contribution < 1.29 is 9.90 Å². The van der Waals surface area contributed by atoms with E-state index in [1.54, 1.807) is 17.4 Å². The number of thiophene rings is 1. The van der Waals surface area contributed by atoms with Gasteiger partial charge in [-0.25, -0.2) is 0 Å². The normalized spacial score (nSPS) is 10.6. The van der Waals surface area contributed by atoms with Gasteiger partial charge in [0.05, 0.1) is 10.5 Å². The van der Waals surface area contributed by atoms with Gasteiger partial charge in [-0.05, 0) is 23.8 Å². The van der Waals surface area contributed by atoms with E-state index in [4.69, 9.17) is 0 Å². The fourth-order valence-electron chi connectivity index (χ4n) is 1.39. The lowest BCUT2D eigenvalue weighted by Crippen LogP contribution is -1.84. The second-order valence-corrected chi connectivity index (χ2v) is 4.56. The summed E-state index contributed by atoms with van der Waals surface area (Å²) in [6.07, 6.45) is 2.58. The summed E-state index contributed by atoms with van der Waals surface area (Å²) in [6.45, 7) is 0. The maximum atomic E-state index is 10.7. The van der Waals surface area contributed by atoms with E-state index >= 15 is 0 Å². The molecule has 0 fully saturated rings. The van der Waals surface area contributed by atoms with Crippen LogP contribution in [0, 0.1) is 0 Å². The van der Waals surface area contributed by atoms with Crippen molar-refractivity contribution in [3.8, 4) is 5.75 Å².